The predicted molar refractivity (Wildman–Crippen MR) is 256 cm³/mol. The van der Waals surface area contributed by atoms with Gasteiger partial charge in [0.2, 0.25) is 0 Å². The molecule has 0 saturated carbocycles. The van der Waals surface area contributed by atoms with Crippen molar-refractivity contribution in [1.29, 1.82) is 0 Å². The van der Waals surface area contributed by atoms with Crippen LogP contribution in [0.5, 0.6) is 11.5 Å². The molecule has 1 aromatic heterocycles. The quantitative estimate of drug-likeness (QED) is 0.173. The summed E-state index contributed by atoms with van der Waals surface area (Å²) < 4.78 is 9.26. The van der Waals surface area contributed by atoms with E-state index in [9.17, 15) is 0 Å². The zero-order valence-electron chi connectivity index (χ0n) is 33.7. The topological polar surface area (TPSA) is 17.4 Å². The number of nitrogens with zero attached hydrogens (tertiary/aromatic N) is 2. The molecule has 1 spiro atoms. The Morgan fingerprint density at radius 2 is 1.02 bits per heavy atom. The van der Waals surface area contributed by atoms with E-state index < -0.39 is 5.41 Å². The monoisotopic (exact) mass is 790 g/mol. The number of benzene rings is 10. The molecule has 0 amide bonds. The second-order valence-electron chi connectivity index (χ2n) is 16.4. The zero-order valence-corrected chi connectivity index (χ0v) is 33.7. The van der Waals surface area contributed by atoms with Gasteiger partial charge in [0.05, 0.1) is 22.1 Å². The van der Waals surface area contributed by atoms with Gasteiger partial charge in [-0.15, -0.1) is 0 Å². The van der Waals surface area contributed by atoms with Crippen LogP contribution in [-0.4, -0.2) is 4.57 Å². The Balaban J connectivity index is 1.11. The predicted octanol–water partition coefficient (Wildman–Crippen LogP) is 15.5. The molecule has 1 atom stereocenters. The maximum Gasteiger partial charge on any atom is 0.132 e. The molecular weight excluding hydrogens is 753 g/mol. The van der Waals surface area contributed by atoms with Crippen LogP contribution in [0, 0.1) is 0 Å². The van der Waals surface area contributed by atoms with E-state index in [4.69, 9.17) is 4.74 Å². The van der Waals surface area contributed by atoms with Crippen LogP contribution < -0.4 is 9.64 Å². The fourth-order valence-corrected chi connectivity index (χ4v) is 10.6. The van der Waals surface area contributed by atoms with Crippen molar-refractivity contribution in [3.63, 3.8) is 0 Å². The van der Waals surface area contributed by atoms with Gasteiger partial charge >= 0.3 is 0 Å². The lowest BCUT2D eigenvalue weighted by Crippen LogP contribution is -2.32. The van der Waals surface area contributed by atoms with Crippen LogP contribution in [0.15, 0.2) is 231 Å². The normalized spacial score (nSPS) is 14.6. The molecule has 1 aliphatic carbocycles. The van der Waals surface area contributed by atoms with E-state index in [2.05, 4.69) is 240 Å². The number of rotatable bonds is 5. The van der Waals surface area contributed by atoms with Gasteiger partial charge in [0.1, 0.15) is 11.5 Å². The Labute approximate surface area is 360 Å². The fraction of sp³-hybridized carbons (Fsp3) is 0.0169. The SMILES string of the molecule is c1ccc(-c2ccc3c(c2)C2(c4ccccc4O3)c3ccccc3-c3ccc(N(c4ccc5c6ccccc6n(-c6ccccc6)c5c4)c4cccc5ccccc45)cc32)cc1. The molecule has 0 fully saturated rings. The Bertz CT molecular complexity index is 3560. The van der Waals surface area contributed by atoms with E-state index in [1.165, 1.54) is 54.9 Å². The molecule has 290 valence electrons. The number of aromatic nitrogens is 1. The van der Waals surface area contributed by atoms with Gasteiger partial charge < -0.3 is 14.2 Å². The lowest BCUT2D eigenvalue weighted by molar-refractivity contribution is 0.436. The van der Waals surface area contributed by atoms with Crippen molar-refractivity contribution >= 4 is 49.6 Å². The summed E-state index contributed by atoms with van der Waals surface area (Å²) in [6.07, 6.45) is 0. The minimum atomic E-state index is -0.648. The van der Waals surface area contributed by atoms with E-state index in [0.29, 0.717) is 0 Å². The molecule has 3 nitrogen and oxygen atoms in total. The Morgan fingerprint density at radius 3 is 1.90 bits per heavy atom. The van der Waals surface area contributed by atoms with Crippen LogP contribution >= 0.6 is 0 Å². The van der Waals surface area contributed by atoms with E-state index in [-0.39, 0.29) is 0 Å². The first-order chi connectivity index (χ1) is 30.8. The average molecular weight is 791 g/mol. The van der Waals surface area contributed by atoms with Gasteiger partial charge in [-0.2, -0.15) is 0 Å². The highest BCUT2D eigenvalue weighted by molar-refractivity contribution is 6.11. The smallest absolute Gasteiger partial charge is 0.132 e. The van der Waals surface area contributed by atoms with Gasteiger partial charge in [-0.3, -0.25) is 0 Å². The van der Waals surface area contributed by atoms with E-state index in [0.717, 1.165) is 56.5 Å². The number of anilines is 3. The number of hydrogen-bond donors (Lipinski definition) is 0. The van der Waals surface area contributed by atoms with Crippen LogP contribution in [0.25, 0.3) is 60.5 Å². The maximum atomic E-state index is 6.85. The van der Waals surface area contributed by atoms with Crippen molar-refractivity contribution in [1.82, 2.24) is 4.57 Å². The molecule has 11 aromatic rings. The van der Waals surface area contributed by atoms with Crippen molar-refractivity contribution in [3.05, 3.63) is 253 Å². The molecule has 10 aromatic carbocycles. The zero-order chi connectivity index (χ0) is 40.8. The Kier molecular flexibility index (Phi) is 7.52. The van der Waals surface area contributed by atoms with Gasteiger partial charge in [0.15, 0.2) is 0 Å². The second kappa shape index (κ2) is 13.4. The van der Waals surface area contributed by atoms with Crippen molar-refractivity contribution in [2.75, 3.05) is 4.90 Å². The molecule has 0 radical (unpaired) electrons. The van der Waals surface area contributed by atoms with Gasteiger partial charge in [0.25, 0.3) is 0 Å². The molecule has 2 aliphatic rings. The van der Waals surface area contributed by atoms with Gasteiger partial charge in [-0.1, -0.05) is 164 Å². The van der Waals surface area contributed by atoms with E-state index in [1.807, 2.05) is 0 Å². The lowest BCUT2D eigenvalue weighted by Gasteiger charge is -2.40. The van der Waals surface area contributed by atoms with Crippen LogP contribution in [0.4, 0.5) is 17.1 Å². The third-order valence-corrected chi connectivity index (χ3v) is 13.2. The minimum Gasteiger partial charge on any atom is -0.457 e. The van der Waals surface area contributed by atoms with Gasteiger partial charge in [0, 0.05) is 44.3 Å². The summed E-state index contributed by atoms with van der Waals surface area (Å²) in [6, 6.07) is 84.0. The summed E-state index contributed by atoms with van der Waals surface area (Å²) in [7, 11) is 0. The number of fused-ring (bicyclic) bond motifs is 13. The summed E-state index contributed by atoms with van der Waals surface area (Å²) >= 11 is 0. The summed E-state index contributed by atoms with van der Waals surface area (Å²) in [6.45, 7) is 0. The van der Waals surface area contributed by atoms with Crippen LogP contribution in [-0.2, 0) is 5.41 Å². The molecule has 0 N–H and O–H groups in total. The third kappa shape index (κ3) is 4.94. The molecule has 0 bridgehead atoms. The molecule has 62 heavy (non-hydrogen) atoms. The van der Waals surface area contributed by atoms with Crippen LogP contribution in [0.2, 0.25) is 0 Å². The Hall–Kier alpha value is -8.14. The van der Waals surface area contributed by atoms with Crippen molar-refractivity contribution < 1.29 is 4.74 Å². The van der Waals surface area contributed by atoms with Crippen LogP contribution in [0.1, 0.15) is 22.3 Å². The lowest BCUT2D eigenvalue weighted by atomic mass is 9.65. The molecule has 3 heteroatoms. The van der Waals surface area contributed by atoms with Gasteiger partial charge in [-0.25, -0.2) is 0 Å². The number of ether oxygens (including phenoxy) is 1. The molecule has 0 saturated heterocycles. The number of hydrogen-bond acceptors (Lipinski definition) is 2. The van der Waals surface area contributed by atoms with E-state index >= 15 is 0 Å². The van der Waals surface area contributed by atoms with Crippen molar-refractivity contribution in [2.24, 2.45) is 0 Å². The Morgan fingerprint density at radius 1 is 0.371 bits per heavy atom. The first-order valence-corrected chi connectivity index (χ1v) is 21.3. The summed E-state index contributed by atoms with van der Waals surface area (Å²) in [5, 5.41) is 4.84. The molecule has 1 aliphatic heterocycles. The molecule has 1 unspecified atom stereocenters. The van der Waals surface area contributed by atoms with Crippen molar-refractivity contribution in [3.8, 4) is 39.4 Å². The summed E-state index contributed by atoms with van der Waals surface area (Å²) in [5.74, 6) is 1.76. The highest BCUT2D eigenvalue weighted by Crippen LogP contribution is 2.63. The summed E-state index contributed by atoms with van der Waals surface area (Å²) in [5.41, 5.74) is 15.7. The highest BCUT2D eigenvalue weighted by Gasteiger charge is 2.51. The van der Waals surface area contributed by atoms with Gasteiger partial charge in [-0.05, 0) is 105 Å². The summed E-state index contributed by atoms with van der Waals surface area (Å²) in [4.78, 5) is 2.47. The first-order valence-electron chi connectivity index (χ1n) is 21.3. The number of para-hydroxylation sites is 3. The largest absolute Gasteiger partial charge is 0.457 e. The average Bonchev–Trinajstić information content (AvgIpc) is 3.82. The fourth-order valence-electron chi connectivity index (χ4n) is 10.6. The highest BCUT2D eigenvalue weighted by atomic mass is 16.5. The molecule has 2 heterocycles. The molecular formula is C59H38N2O. The van der Waals surface area contributed by atoms with Crippen LogP contribution in [0.3, 0.4) is 0 Å². The standard InChI is InChI=1S/C59H38N2O/c1-3-16-39(17-4-1)41-30-35-58-53(36-41)59(51-26-12-14-29-57(51)62-58)50-25-11-9-23-46(50)47-33-31-43(37-52(47)59)60(54-28-15-19-40-18-7-8-22-45(40)54)44-32-34-49-48-24-10-13-27-55(48)61(56(49)38-44)42-20-5-2-6-21-42/h1-38H. The first kappa shape index (κ1) is 34.7. The second-order valence-corrected chi connectivity index (χ2v) is 16.4. The molecule has 13 rings (SSSR count). The third-order valence-electron chi connectivity index (χ3n) is 13.2. The van der Waals surface area contributed by atoms with E-state index in [1.54, 1.807) is 0 Å². The maximum absolute atomic E-state index is 6.85. The minimum absolute atomic E-state index is 0.648. The van der Waals surface area contributed by atoms with Crippen molar-refractivity contribution in [2.45, 2.75) is 5.41 Å².